The van der Waals surface area contributed by atoms with Gasteiger partial charge >= 0.3 is 5.97 Å². The van der Waals surface area contributed by atoms with Gasteiger partial charge in [-0.3, -0.25) is 9.69 Å². The summed E-state index contributed by atoms with van der Waals surface area (Å²) in [5, 5.41) is 0. The maximum absolute atomic E-state index is 12.7. The molecule has 1 atom stereocenters. The van der Waals surface area contributed by atoms with E-state index in [0.29, 0.717) is 19.5 Å². The Morgan fingerprint density at radius 3 is 1.79 bits per heavy atom. The van der Waals surface area contributed by atoms with E-state index in [1.165, 1.54) is 21.8 Å². The molecule has 3 aromatic carbocycles. The highest BCUT2D eigenvalue weighted by Gasteiger charge is 2.27. The van der Waals surface area contributed by atoms with Crippen LogP contribution in [0.2, 0.25) is 0 Å². The van der Waals surface area contributed by atoms with E-state index in [1.807, 2.05) is 36.4 Å². The first-order valence-corrected chi connectivity index (χ1v) is 10.4. The molecule has 3 aromatic rings. The summed E-state index contributed by atoms with van der Waals surface area (Å²) in [7, 11) is 1.46. The molecule has 0 aromatic heterocycles. The third-order valence-corrected chi connectivity index (χ3v) is 5.43. The molecule has 4 heteroatoms. The smallest absolute Gasteiger partial charge is 0.323 e. The molecule has 0 bridgehead atoms. The number of esters is 1. The van der Waals surface area contributed by atoms with Crippen LogP contribution in [0.3, 0.4) is 0 Å². The molecule has 0 spiro atoms. The average Bonchev–Trinajstić information content (AvgIpc) is 2.74. The van der Waals surface area contributed by atoms with Crippen molar-refractivity contribution in [3.05, 3.63) is 105 Å². The summed E-state index contributed by atoms with van der Waals surface area (Å²) >= 11 is 2.29. The molecule has 28 heavy (non-hydrogen) atoms. The number of hydrogen-bond acceptors (Lipinski definition) is 3. The van der Waals surface area contributed by atoms with E-state index in [2.05, 4.69) is 76.0 Å². The van der Waals surface area contributed by atoms with Gasteiger partial charge in [0.15, 0.2) is 0 Å². The quantitative estimate of drug-likeness (QED) is 0.330. The van der Waals surface area contributed by atoms with E-state index >= 15 is 0 Å². The number of hydrogen-bond donors (Lipinski definition) is 0. The third-order valence-electron chi connectivity index (χ3n) is 4.71. The monoisotopic (exact) mass is 485 g/mol. The highest BCUT2D eigenvalue weighted by molar-refractivity contribution is 14.1. The molecule has 144 valence electrons. The number of methoxy groups -OCH3 is 1. The Kier molecular flexibility index (Phi) is 7.62. The van der Waals surface area contributed by atoms with Gasteiger partial charge in [0, 0.05) is 16.7 Å². The number of benzene rings is 3. The van der Waals surface area contributed by atoms with Gasteiger partial charge in [0.1, 0.15) is 6.04 Å². The molecule has 0 fully saturated rings. The van der Waals surface area contributed by atoms with Gasteiger partial charge in [0.2, 0.25) is 0 Å². The zero-order valence-electron chi connectivity index (χ0n) is 15.9. The van der Waals surface area contributed by atoms with Crippen LogP contribution in [0.15, 0.2) is 84.9 Å². The van der Waals surface area contributed by atoms with Crippen LogP contribution in [-0.4, -0.2) is 24.0 Å². The van der Waals surface area contributed by atoms with Crippen LogP contribution >= 0.6 is 22.6 Å². The van der Waals surface area contributed by atoms with Crippen molar-refractivity contribution < 1.29 is 9.53 Å². The molecule has 0 N–H and O–H groups in total. The lowest BCUT2D eigenvalue weighted by atomic mass is 10.0. The van der Waals surface area contributed by atoms with Gasteiger partial charge in [-0.2, -0.15) is 0 Å². The molecular weight excluding hydrogens is 461 g/mol. The van der Waals surface area contributed by atoms with Crippen molar-refractivity contribution in [2.24, 2.45) is 0 Å². The van der Waals surface area contributed by atoms with Gasteiger partial charge in [-0.1, -0.05) is 72.8 Å². The number of carbonyl (C=O) groups excluding carboxylic acids is 1. The Morgan fingerprint density at radius 1 is 0.821 bits per heavy atom. The van der Waals surface area contributed by atoms with E-state index in [1.54, 1.807) is 0 Å². The van der Waals surface area contributed by atoms with Crippen molar-refractivity contribution in [1.82, 2.24) is 4.90 Å². The summed E-state index contributed by atoms with van der Waals surface area (Å²) in [6, 6.07) is 28.5. The Labute approximate surface area is 180 Å². The van der Waals surface area contributed by atoms with Gasteiger partial charge in [-0.25, -0.2) is 0 Å². The van der Waals surface area contributed by atoms with Crippen LogP contribution in [0.4, 0.5) is 0 Å². The van der Waals surface area contributed by atoms with Crippen LogP contribution < -0.4 is 0 Å². The summed E-state index contributed by atoms with van der Waals surface area (Å²) in [5.74, 6) is -0.203. The van der Waals surface area contributed by atoms with Crippen molar-refractivity contribution in [3.63, 3.8) is 0 Å². The standard InChI is InChI=1S/C24H24INO2/c1-28-24(27)23(16-19-12-14-22(25)15-13-19)26(17-20-8-4-2-5-9-20)18-21-10-6-3-7-11-21/h2-15,23H,16-18H2,1H3/t23-/m0/s1. The number of carbonyl (C=O) groups is 1. The molecule has 3 rings (SSSR count). The van der Waals surface area contributed by atoms with Crippen molar-refractivity contribution >= 4 is 28.6 Å². The topological polar surface area (TPSA) is 29.5 Å². The zero-order chi connectivity index (χ0) is 19.8. The lowest BCUT2D eigenvalue weighted by Crippen LogP contribution is -2.42. The molecule has 0 unspecified atom stereocenters. The molecule has 0 saturated carbocycles. The van der Waals surface area contributed by atoms with E-state index < -0.39 is 0 Å². The Morgan fingerprint density at radius 2 is 1.32 bits per heavy atom. The van der Waals surface area contributed by atoms with E-state index in [0.717, 1.165) is 5.56 Å². The Bertz CT molecular complexity index is 825. The molecule has 0 radical (unpaired) electrons. The first-order chi connectivity index (χ1) is 13.7. The van der Waals surface area contributed by atoms with Crippen LogP contribution in [0, 0.1) is 3.57 Å². The minimum Gasteiger partial charge on any atom is -0.468 e. The SMILES string of the molecule is COC(=O)[C@H](Cc1ccc(I)cc1)N(Cc1ccccc1)Cc1ccccc1. The maximum atomic E-state index is 12.7. The van der Waals surface area contributed by atoms with Gasteiger partial charge in [0.25, 0.3) is 0 Å². The number of rotatable bonds is 8. The number of halogens is 1. The van der Waals surface area contributed by atoms with Gasteiger partial charge in [-0.15, -0.1) is 0 Å². The van der Waals surface area contributed by atoms with Crippen LogP contribution in [-0.2, 0) is 29.0 Å². The van der Waals surface area contributed by atoms with E-state index in [9.17, 15) is 4.79 Å². The highest BCUT2D eigenvalue weighted by Crippen LogP contribution is 2.19. The Balaban J connectivity index is 1.89. The first-order valence-electron chi connectivity index (χ1n) is 9.30. The van der Waals surface area contributed by atoms with Crippen LogP contribution in [0.25, 0.3) is 0 Å². The van der Waals surface area contributed by atoms with Crippen molar-refractivity contribution in [3.8, 4) is 0 Å². The largest absolute Gasteiger partial charge is 0.468 e. The molecule has 0 heterocycles. The summed E-state index contributed by atoms with van der Waals surface area (Å²) < 4.78 is 6.36. The minimum atomic E-state index is -0.356. The van der Waals surface area contributed by atoms with Gasteiger partial charge in [0.05, 0.1) is 7.11 Å². The summed E-state index contributed by atoms with van der Waals surface area (Å²) in [4.78, 5) is 14.9. The normalized spacial score (nSPS) is 12.0. The van der Waals surface area contributed by atoms with E-state index in [4.69, 9.17) is 4.74 Å². The second-order valence-electron chi connectivity index (χ2n) is 6.75. The third kappa shape index (κ3) is 5.91. The minimum absolute atomic E-state index is 0.203. The van der Waals surface area contributed by atoms with Crippen molar-refractivity contribution in [1.29, 1.82) is 0 Å². The van der Waals surface area contributed by atoms with E-state index in [-0.39, 0.29) is 12.0 Å². The molecule has 3 nitrogen and oxygen atoms in total. The summed E-state index contributed by atoms with van der Waals surface area (Å²) in [6.07, 6.45) is 0.614. The molecule has 0 aliphatic carbocycles. The predicted molar refractivity (Wildman–Crippen MR) is 121 cm³/mol. The average molecular weight is 485 g/mol. The zero-order valence-corrected chi connectivity index (χ0v) is 18.1. The lowest BCUT2D eigenvalue weighted by Gasteiger charge is -2.30. The molecule has 0 aliphatic heterocycles. The number of ether oxygens (including phenoxy) is 1. The summed E-state index contributed by atoms with van der Waals surface area (Å²) in [5.41, 5.74) is 3.48. The predicted octanol–water partition coefficient (Wildman–Crippen LogP) is 5.08. The van der Waals surface area contributed by atoms with Gasteiger partial charge < -0.3 is 4.74 Å². The molecule has 0 amide bonds. The summed E-state index contributed by atoms with van der Waals surface area (Å²) in [6.45, 7) is 1.36. The second kappa shape index (κ2) is 10.4. The highest BCUT2D eigenvalue weighted by atomic mass is 127. The fourth-order valence-electron chi connectivity index (χ4n) is 3.25. The molecule has 0 aliphatic rings. The fraction of sp³-hybridized carbons (Fsp3) is 0.208. The van der Waals surface area contributed by atoms with Crippen LogP contribution in [0.1, 0.15) is 16.7 Å². The van der Waals surface area contributed by atoms with Gasteiger partial charge in [-0.05, 0) is 57.8 Å². The van der Waals surface area contributed by atoms with Crippen molar-refractivity contribution in [2.75, 3.05) is 7.11 Å². The first kappa shape index (κ1) is 20.6. The lowest BCUT2D eigenvalue weighted by molar-refractivity contribution is -0.147. The van der Waals surface area contributed by atoms with Crippen LogP contribution in [0.5, 0.6) is 0 Å². The molecular formula is C24H24INO2. The number of nitrogens with zero attached hydrogens (tertiary/aromatic N) is 1. The fourth-order valence-corrected chi connectivity index (χ4v) is 3.61. The molecule has 0 saturated heterocycles. The second-order valence-corrected chi connectivity index (χ2v) is 7.99. The Hall–Kier alpha value is -2.18. The van der Waals surface area contributed by atoms with Crippen molar-refractivity contribution in [2.45, 2.75) is 25.6 Å². The maximum Gasteiger partial charge on any atom is 0.323 e.